The molecule has 2 amide bonds. The number of rotatable bonds is 4. The van der Waals surface area contributed by atoms with Crippen LogP contribution in [0.4, 0.5) is 10.5 Å². The molecule has 6 heteroatoms. The van der Waals surface area contributed by atoms with Gasteiger partial charge in [0.1, 0.15) is 0 Å². The molecule has 112 valence electrons. The van der Waals surface area contributed by atoms with Crippen molar-refractivity contribution in [3.8, 4) is 5.69 Å². The van der Waals surface area contributed by atoms with Crippen LogP contribution in [-0.2, 0) is 0 Å². The lowest BCUT2D eigenvalue weighted by molar-refractivity contribution is 0.249. The third kappa shape index (κ3) is 3.17. The highest BCUT2D eigenvalue weighted by Gasteiger charge is 2.12. The van der Waals surface area contributed by atoms with Gasteiger partial charge in [0.2, 0.25) is 0 Å². The lowest BCUT2D eigenvalue weighted by atomic mass is 10.2. The van der Waals surface area contributed by atoms with Crippen molar-refractivity contribution in [3.05, 3.63) is 65.1 Å². The minimum atomic E-state index is -0.236. The Labute approximate surface area is 132 Å². The number of carbonyl (C=O) groups excluding carboxylic acids is 1. The van der Waals surface area contributed by atoms with E-state index in [0.717, 1.165) is 10.6 Å². The number of hydrogen-bond donors (Lipinski definition) is 2. The number of benzene rings is 1. The first-order chi connectivity index (χ1) is 10.7. The summed E-state index contributed by atoms with van der Waals surface area (Å²) in [7, 11) is 0. The second kappa shape index (κ2) is 6.44. The average molecular weight is 312 g/mol. The summed E-state index contributed by atoms with van der Waals surface area (Å²) >= 11 is 1.62. The predicted molar refractivity (Wildman–Crippen MR) is 88.5 cm³/mol. The number of nitrogens with one attached hydrogen (secondary N) is 2. The summed E-state index contributed by atoms with van der Waals surface area (Å²) in [6.07, 6.45) is 3.54. The van der Waals surface area contributed by atoms with Gasteiger partial charge in [-0.15, -0.1) is 11.3 Å². The summed E-state index contributed by atoms with van der Waals surface area (Å²) in [5, 5.41) is 12.0. The van der Waals surface area contributed by atoms with Gasteiger partial charge in [-0.3, -0.25) is 0 Å². The van der Waals surface area contributed by atoms with E-state index in [1.807, 2.05) is 61.0 Å². The zero-order valence-electron chi connectivity index (χ0n) is 12.1. The van der Waals surface area contributed by atoms with Crippen LogP contribution in [0.25, 0.3) is 5.69 Å². The molecule has 2 heterocycles. The molecular weight excluding hydrogens is 296 g/mol. The maximum absolute atomic E-state index is 12.2. The lowest BCUT2D eigenvalue weighted by Crippen LogP contribution is -2.31. The molecule has 2 N–H and O–H groups in total. The van der Waals surface area contributed by atoms with Crippen molar-refractivity contribution in [2.24, 2.45) is 0 Å². The van der Waals surface area contributed by atoms with Crippen LogP contribution in [0.2, 0.25) is 0 Å². The summed E-state index contributed by atoms with van der Waals surface area (Å²) in [4.78, 5) is 13.3. The first-order valence-electron chi connectivity index (χ1n) is 6.94. The second-order valence-electron chi connectivity index (χ2n) is 4.80. The van der Waals surface area contributed by atoms with Crippen molar-refractivity contribution in [3.63, 3.8) is 0 Å². The highest BCUT2D eigenvalue weighted by molar-refractivity contribution is 7.10. The molecular formula is C16H16N4OS. The van der Waals surface area contributed by atoms with Crippen molar-refractivity contribution in [2.75, 3.05) is 5.32 Å². The number of para-hydroxylation sites is 2. The van der Waals surface area contributed by atoms with Gasteiger partial charge in [-0.2, -0.15) is 5.10 Å². The molecule has 0 aliphatic rings. The van der Waals surface area contributed by atoms with Gasteiger partial charge < -0.3 is 10.6 Å². The van der Waals surface area contributed by atoms with E-state index in [1.54, 1.807) is 22.2 Å². The molecule has 1 atom stereocenters. The minimum Gasteiger partial charge on any atom is -0.331 e. The Balaban J connectivity index is 1.72. The van der Waals surface area contributed by atoms with E-state index in [4.69, 9.17) is 0 Å². The number of anilines is 1. The summed E-state index contributed by atoms with van der Waals surface area (Å²) in [5.41, 5.74) is 1.54. The zero-order valence-corrected chi connectivity index (χ0v) is 12.9. The van der Waals surface area contributed by atoms with Gasteiger partial charge in [-0.05, 0) is 36.6 Å². The van der Waals surface area contributed by atoms with Crippen molar-refractivity contribution in [1.82, 2.24) is 15.1 Å². The van der Waals surface area contributed by atoms with Crippen LogP contribution in [0.15, 0.2) is 60.2 Å². The van der Waals surface area contributed by atoms with Gasteiger partial charge in [-0.1, -0.05) is 18.2 Å². The van der Waals surface area contributed by atoms with Crippen molar-refractivity contribution >= 4 is 23.1 Å². The molecule has 0 bridgehead atoms. The smallest absolute Gasteiger partial charge is 0.319 e. The molecule has 0 aliphatic carbocycles. The fraction of sp³-hybridized carbons (Fsp3) is 0.125. The van der Waals surface area contributed by atoms with E-state index in [2.05, 4.69) is 15.7 Å². The average Bonchev–Trinajstić information content (AvgIpc) is 3.21. The molecule has 0 spiro atoms. The maximum atomic E-state index is 12.2. The number of nitrogens with zero attached hydrogens (tertiary/aromatic N) is 2. The monoisotopic (exact) mass is 312 g/mol. The van der Waals surface area contributed by atoms with Crippen LogP contribution >= 0.6 is 11.3 Å². The Morgan fingerprint density at radius 1 is 1.23 bits per heavy atom. The van der Waals surface area contributed by atoms with E-state index in [0.29, 0.717) is 5.69 Å². The van der Waals surface area contributed by atoms with Gasteiger partial charge in [0, 0.05) is 17.3 Å². The fourth-order valence-corrected chi connectivity index (χ4v) is 2.89. The summed E-state index contributed by atoms with van der Waals surface area (Å²) in [6, 6.07) is 13.1. The van der Waals surface area contributed by atoms with Gasteiger partial charge in [0.15, 0.2) is 0 Å². The highest BCUT2D eigenvalue weighted by Crippen LogP contribution is 2.20. The topological polar surface area (TPSA) is 59.0 Å². The molecule has 0 fully saturated rings. The van der Waals surface area contributed by atoms with E-state index in [9.17, 15) is 4.79 Å². The van der Waals surface area contributed by atoms with Gasteiger partial charge >= 0.3 is 6.03 Å². The van der Waals surface area contributed by atoms with Gasteiger partial charge in [-0.25, -0.2) is 9.48 Å². The Morgan fingerprint density at radius 2 is 2.09 bits per heavy atom. The molecule has 3 rings (SSSR count). The highest BCUT2D eigenvalue weighted by atomic mass is 32.1. The molecule has 0 aliphatic heterocycles. The van der Waals surface area contributed by atoms with Crippen LogP contribution in [0.1, 0.15) is 17.8 Å². The quantitative estimate of drug-likeness (QED) is 0.769. The number of urea groups is 1. The minimum absolute atomic E-state index is 0.0307. The molecule has 1 aromatic carbocycles. The molecule has 2 aromatic heterocycles. The Kier molecular flexibility index (Phi) is 4.20. The molecule has 0 saturated heterocycles. The molecule has 0 saturated carbocycles. The Morgan fingerprint density at radius 3 is 2.82 bits per heavy atom. The SMILES string of the molecule is C[C@H](NC(=O)Nc1ccccc1-n1cccn1)c1cccs1. The molecule has 0 radical (unpaired) electrons. The van der Waals surface area contributed by atoms with E-state index < -0.39 is 0 Å². The van der Waals surface area contributed by atoms with Crippen molar-refractivity contribution in [1.29, 1.82) is 0 Å². The number of thiophene rings is 1. The summed E-state index contributed by atoms with van der Waals surface area (Å²) in [6.45, 7) is 1.96. The number of hydrogen-bond acceptors (Lipinski definition) is 3. The van der Waals surface area contributed by atoms with Crippen molar-refractivity contribution < 1.29 is 4.79 Å². The molecule has 3 aromatic rings. The zero-order chi connectivity index (χ0) is 15.4. The van der Waals surface area contributed by atoms with Crippen LogP contribution in [-0.4, -0.2) is 15.8 Å². The lowest BCUT2D eigenvalue weighted by Gasteiger charge is -2.15. The van der Waals surface area contributed by atoms with E-state index in [1.165, 1.54) is 0 Å². The largest absolute Gasteiger partial charge is 0.331 e. The van der Waals surface area contributed by atoms with E-state index in [-0.39, 0.29) is 12.1 Å². The molecule has 0 unspecified atom stereocenters. The van der Waals surface area contributed by atoms with Crippen LogP contribution < -0.4 is 10.6 Å². The van der Waals surface area contributed by atoms with Crippen LogP contribution in [0.3, 0.4) is 0 Å². The standard InChI is InChI=1S/C16H16N4OS/c1-12(15-8-4-11-22-15)18-16(21)19-13-6-2-3-7-14(13)20-10-5-9-17-20/h2-12H,1H3,(H2,18,19,21)/t12-/m0/s1. The van der Waals surface area contributed by atoms with Crippen molar-refractivity contribution in [2.45, 2.75) is 13.0 Å². The Hall–Kier alpha value is -2.60. The third-order valence-corrected chi connectivity index (χ3v) is 4.28. The number of amides is 2. The second-order valence-corrected chi connectivity index (χ2v) is 5.78. The third-order valence-electron chi connectivity index (χ3n) is 3.22. The summed E-state index contributed by atoms with van der Waals surface area (Å²) in [5.74, 6) is 0. The maximum Gasteiger partial charge on any atom is 0.319 e. The number of carbonyl (C=O) groups is 1. The molecule has 22 heavy (non-hydrogen) atoms. The predicted octanol–water partition coefficient (Wildman–Crippen LogP) is 3.82. The molecule has 5 nitrogen and oxygen atoms in total. The van der Waals surface area contributed by atoms with E-state index >= 15 is 0 Å². The number of aromatic nitrogens is 2. The summed E-state index contributed by atoms with van der Waals surface area (Å²) < 4.78 is 1.72. The van der Waals surface area contributed by atoms with Crippen LogP contribution in [0.5, 0.6) is 0 Å². The first-order valence-corrected chi connectivity index (χ1v) is 7.82. The van der Waals surface area contributed by atoms with Gasteiger partial charge in [0.25, 0.3) is 0 Å². The normalized spacial score (nSPS) is 11.9. The first kappa shape index (κ1) is 14.3. The Bertz CT molecular complexity index is 737. The fourth-order valence-electron chi connectivity index (χ4n) is 2.15. The van der Waals surface area contributed by atoms with Crippen LogP contribution in [0, 0.1) is 0 Å². The van der Waals surface area contributed by atoms with Gasteiger partial charge in [0.05, 0.1) is 17.4 Å².